The van der Waals surface area contributed by atoms with Crippen molar-refractivity contribution in [2.75, 3.05) is 6.61 Å². The number of ether oxygens (including phenoxy) is 1. The Hall–Kier alpha value is -0.990. The Morgan fingerprint density at radius 3 is 1.97 bits per heavy atom. The van der Waals surface area contributed by atoms with E-state index in [-0.39, 0.29) is 24.5 Å². The molecule has 0 aliphatic rings. The molecule has 178 valence electrons. The van der Waals surface area contributed by atoms with Gasteiger partial charge in [-0.15, -0.1) is 0 Å². The molecule has 0 bridgehead atoms. The maximum Gasteiger partial charge on any atom is 0.416 e. The van der Waals surface area contributed by atoms with E-state index in [0.717, 1.165) is 30.5 Å². The van der Waals surface area contributed by atoms with Gasteiger partial charge in [0, 0.05) is 13.0 Å². The molecule has 1 atom stereocenters. The van der Waals surface area contributed by atoms with Gasteiger partial charge in [0.25, 0.3) is 5.08 Å². The van der Waals surface area contributed by atoms with Crippen LogP contribution in [0.15, 0.2) is 35.9 Å². The Labute approximate surface area is 179 Å². The van der Waals surface area contributed by atoms with E-state index in [0.29, 0.717) is 12.1 Å². The van der Waals surface area contributed by atoms with Crippen LogP contribution in [0.3, 0.4) is 0 Å². The Kier molecular flexibility index (Phi) is 9.73. The quantitative estimate of drug-likeness (QED) is 0.254. The monoisotopic (exact) mass is 488 g/mol. The molecule has 12 heteroatoms. The van der Waals surface area contributed by atoms with Gasteiger partial charge in [-0.1, -0.05) is 30.7 Å². The van der Waals surface area contributed by atoms with Crippen LogP contribution >= 0.6 is 15.2 Å². The van der Waals surface area contributed by atoms with Crippen LogP contribution in [-0.2, 0) is 26.5 Å². The Bertz CT molecular complexity index is 815. The summed E-state index contributed by atoms with van der Waals surface area (Å²) in [7, 11) is -11.1. The van der Waals surface area contributed by atoms with Crippen molar-refractivity contribution in [2.24, 2.45) is 5.92 Å². The van der Waals surface area contributed by atoms with Crippen LogP contribution in [0.2, 0.25) is 0 Å². The molecular weight excluding hydrogens is 459 g/mol. The van der Waals surface area contributed by atoms with E-state index in [1.807, 2.05) is 26.8 Å². The lowest BCUT2D eigenvalue weighted by atomic mass is 10.0. The van der Waals surface area contributed by atoms with Crippen LogP contribution < -0.4 is 0 Å². The third-order valence-electron chi connectivity index (χ3n) is 4.78. The van der Waals surface area contributed by atoms with Crippen LogP contribution in [0.1, 0.15) is 51.2 Å². The van der Waals surface area contributed by atoms with E-state index < -0.39 is 38.4 Å². The van der Waals surface area contributed by atoms with Crippen molar-refractivity contribution in [1.82, 2.24) is 0 Å². The normalized spacial score (nSPS) is 14.4. The molecule has 0 radical (unpaired) electrons. The summed E-state index contributed by atoms with van der Waals surface area (Å²) in [4.78, 5) is 39.1. The average Bonchev–Trinajstić information content (AvgIpc) is 2.58. The Morgan fingerprint density at radius 2 is 1.55 bits per heavy atom. The van der Waals surface area contributed by atoms with Crippen molar-refractivity contribution in [3.8, 4) is 0 Å². The second kappa shape index (κ2) is 10.8. The molecule has 0 saturated heterocycles. The first-order chi connectivity index (χ1) is 14.0. The molecule has 0 aromatic heterocycles. The number of halogens is 3. The molecule has 0 aliphatic heterocycles. The largest absolute Gasteiger partial charge is 0.416 e. The molecule has 0 heterocycles. The Morgan fingerprint density at radius 1 is 1.03 bits per heavy atom. The van der Waals surface area contributed by atoms with E-state index in [9.17, 15) is 41.9 Å². The molecule has 4 N–H and O–H groups in total. The summed E-state index contributed by atoms with van der Waals surface area (Å²) >= 11 is 0. The van der Waals surface area contributed by atoms with E-state index in [4.69, 9.17) is 4.74 Å². The van der Waals surface area contributed by atoms with Gasteiger partial charge in [-0.2, -0.15) is 13.2 Å². The lowest BCUT2D eigenvalue weighted by Gasteiger charge is -2.35. The van der Waals surface area contributed by atoms with Gasteiger partial charge in [0.15, 0.2) is 0 Å². The second-order valence-corrected chi connectivity index (χ2v) is 11.8. The maximum absolute atomic E-state index is 12.7. The molecular formula is C19H29F3O7P2. The molecule has 0 aliphatic carbocycles. The van der Waals surface area contributed by atoms with Crippen LogP contribution in [0.4, 0.5) is 13.2 Å². The number of hydrogen-bond acceptors (Lipinski definition) is 3. The van der Waals surface area contributed by atoms with Gasteiger partial charge in [0.2, 0.25) is 0 Å². The minimum atomic E-state index is -5.55. The van der Waals surface area contributed by atoms with Gasteiger partial charge >= 0.3 is 21.4 Å². The summed E-state index contributed by atoms with van der Waals surface area (Å²) in [6.07, 6.45) is -1.75. The summed E-state index contributed by atoms with van der Waals surface area (Å²) in [5, 5.41) is -3.18. The first-order valence-corrected chi connectivity index (χ1v) is 12.8. The highest BCUT2D eigenvalue weighted by molar-refractivity contribution is 7.72. The number of benzene rings is 1. The van der Waals surface area contributed by atoms with Crippen molar-refractivity contribution in [1.29, 1.82) is 0 Å². The summed E-state index contributed by atoms with van der Waals surface area (Å²) in [5.41, 5.74) is 0.0265. The molecule has 1 aromatic carbocycles. The fraction of sp³-hybridized carbons (Fsp3) is 0.579. The third kappa shape index (κ3) is 8.13. The summed E-state index contributed by atoms with van der Waals surface area (Å²) < 4.78 is 67.7. The molecule has 0 spiro atoms. The maximum atomic E-state index is 12.7. The third-order valence-corrected chi connectivity index (χ3v) is 8.74. The van der Waals surface area contributed by atoms with Gasteiger partial charge < -0.3 is 24.3 Å². The van der Waals surface area contributed by atoms with Crippen LogP contribution in [0, 0.1) is 5.92 Å². The average molecular weight is 488 g/mol. The van der Waals surface area contributed by atoms with Crippen molar-refractivity contribution in [2.45, 2.75) is 57.7 Å². The number of rotatable bonds is 11. The number of allylic oxidation sites excluding steroid dienone is 2. The number of alkyl halides is 3. The van der Waals surface area contributed by atoms with E-state index in [1.165, 1.54) is 0 Å². The van der Waals surface area contributed by atoms with Crippen molar-refractivity contribution in [3.63, 3.8) is 0 Å². The molecule has 7 nitrogen and oxygen atoms in total. The van der Waals surface area contributed by atoms with Crippen LogP contribution in [0.25, 0.3) is 0 Å². The topological polar surface area (TPSA) is 124 Å². The molecule has 31 heavy (non-hydrogen) atoms. The highest BCUT2D eigenvalue weighted by Crippen LogP contribution is 2.70. The standard InChI is InChI=1S/C19H29F3O7P2/c1-14(2)5-4-6-15(3)11-12-29-18(30(23,24)25,31(26,27)28)13-16-7-9-17(10-8-16)19(20,21)22/h5,7-10,15H,4,6,11-13H2,1-3H3,(H2,23,24,25)(H2,26,27,28)/t15-/m0/s1. The van der Waals surface area contributed by atoms with Gasteiger partial charge in [0.05, 0.1) is 5.56 Å². The minimum Gasteiger partial charge on any atom is -0.352 e. The lowest BCUT2D eigenvalue weighted by molar-refractivity contribution is -0.137. The molecule has 1 aromatic rings. The summed E-state index contributed by atoms with van der Waals surface area (Å²) in [5.74, 6) is 0.0490. The molecule has 0 saturated carbocycles. The predicted octanol–water partition coefficient (Wildman–Crippen LogP) is 5.05. The Balaban J connectivity index is 3.07. The van der Waals surface area contributed by atoms with Crippen molar-refractivity contribution >= 4 is 15.2 Å². The van der Waals surface area contributed by atoms with Crippen molar-refractivity contribution in [3.05, 3.63) is 47.0 Å². The van der Waals surface area contributed by atoms with Crippen molar-refractivity contribution < 1.29 is 46.6 Å². The van der Waals surface area contributed by atoms with Gasteiger partial charge in [-0.25, -0.2) is 0 Å². The zero-order valence-corrected chi connectivity index (χ0v) is 19.3. The fourth-order valence-corrected chi connectivity index (χ4v) is 5.55. The van der Waals surface area contributed by atoms with Crippen LogP contribution in [-0.4, -0.2) is 31.3 Å². The SMILES string of the molecule is CC(C)=CCC[C@H](C)CCOC(Cc1ccc(C(F)(F)F)cc1)(P(=O)(O)O)P(=O)(O)O. The molecule has 1 rings (SSSR count). The highest BCUT2D eigenvalue weighted by Gasteiger charge is 2.61. The lowest BCUT2D eigenvalue weighted by Crippen LogP contribution is -2.36. The first-order valence-electron chi connectivity index (χ1n) is 9.54. The highest BCUT2D eigenvalue weighted by atomic mass is 31.2. The van der Waals surface area contributed by atoms with E-state index in [1.54, 1.807) is 0 Å². The molecule has 0 amide bonds. The first kappa shape index (κ1) is 28.0. The zero-order chi connectivity index (χ0) is 24.1. The van der Waals surface area contributed by atoms with Gasteiger partial charge in [-0.3, -0.25) is 9.13 Å². The smallest absolute Gasteiger partial charge is 0.352 e. The molecule has 0 fully saturated rings. The second-order valence-electron chi connectivity index (χ2n) is 7.80. The van der Waals surface area contributed by atoms with Crippen LogP contribution in [0.5, 0.6) is 0 Å². The van der Waals surface area contributed by atoms with Gasteiger partial charge in [-0.05, 0) is 56.7 Å². The van der Waals surface area contributed by atoms with E-state index >= 15 is 0 Å². The van der Waals surface area contributed by atoms with Gasteiger partial charge in [0.1, 0.15) is 0 Å². The number of hydrogen-bond donors (Lipinski definition) is 4. The fourth-order valence-electron chi connectivity index (χ4n) is 2.90. The molecule has 0 unspecified atom stereocenters. The zero-order valence-electron chi connectivity index (χ0n) is 17.5. The predicted molar refractivity (Wildman–Crippen MR) is 110 cm³/mol. The van der Waals surface area contributed by atoms with E-state index in [2.05, 4.69) is 0 Å². The summed E-state index contributed by atoms with van der Waals surface area (Å²) in [6.45, 7) is 5.43. The summed E-state index contributed by atoms with van der Waals surface area (Å²) in [6, 6.07) is 3.16. The minimum absolute atomic E-state index is 0.0490.